The van der Waals surface area contributed by atoms with Crippen molar-refractivity contribution >= 4 is 11.3 Å². The van der Waals surface area contributed by atoms with Gasteiger partial charge in [0.05, 0.1) is 6.10 Å². The number of thiophene rings is 1. The maximum Gasteiger partial charge on any atom is 0.0826 e. The van der Waals surface area contributed by atoms with Gasteiger partial charge in [0.1, 0.15) is 0 Å². The molecule has 1 heterocycles. The zero-order valence-electron chi connectivity index (χ0n) is 9.52. The molecule has 3 unspecified atom stereocenters. The zero-order valence-corrected chi connectivity index (χ0v) is 10.3. The van der Waals surface area contributed by atoms with Crippen LogP contribution in [-0.2, 0) is 0 Å². The second kappa shape index (κ2) is 4.67. The van der Waals surface area contributed by atoms with Crippen molar-refractivity contribution in [2.24, 2.45) is 17.8 Å². The van der Waals surface area contributed by atoms with Crippen molar-refractivity contribution in [1.82, 2.24) is 0 Å². The maximum absolute atomic E-state index is 10.3. The third kappa shape index (κ3) is 2.61. The molecule has 1 aliphatic rings. The monoisotopic (exact) mass is 224 g/mol. The van der Waals surface area contributed by atoms with Gasteiger partial charge in [-0.2, -0.15) is 11.3 Å². The standard InChI is InChI=1S/C13H20OS/c1-9-5-10(2)7-12(6-9)13(14)11-3-4-15-8-11/h3-4,8-10,12-14H,5-7H2,1-2H3. The van der Waals surface area contributed by atoms with Gasteiger partial charge in [0.2, 0.25) is 0 Å². The van der Waals surface area contributed by atoms with Gasteiger partial charge in [-0.1, -0.05) is 13.8 Å². The fraction of sp³-hybridized carbons (Fsp3) is 0.692. The minimum absolute atomic E-state index is 0.235. The fourth-order valence-corrected chi connectivity index (χ4v) is 3.67. The van der Waals surface area contributed by atoms with E-state index in [1.54, 1.807) is 11.3 Å². The molecule has 0 saturated heterocycles. The Morgan fingerprint density at radius 2 is 1.93 bits per heavy atom. The lowest BCUT2D eigenvalue weighted by Gasteiger charge is -2.34. The summed E-state index contributed by atoms with van der Waals surface area (Å²) in [7, 11) is 0. The smallest absolute Gasteiger partial charge is 0.0826 e. The second-order valence-electron chi connectivity index (χ2n) is 5.18. The first-order chi connectivity index (χ1) is 7.16. The Hall–Kier alpha value is -0.340. The topological polar surface area (TPSA) is 20.2 Å². The molecule has 15 heavy (non-hydrogen) atoms. The van der Waals surface area contributed by atoms with Crippen LogP contribution in [-0.4, -0.2) is 5.11 Å². The van der Waals surface area contributed by atoms with E-state index in [0.717, 1.165) is 17.4 Å². The Bertz CT molecular complexity index is 283. The SMILES string of the molecule is CC1CC(C)CC(C(O)c2ccsc2)C1. The van der Waals surface area contributed by atoms with Crippen LogP contribution in [0, 0.1) is 17.8 Å². The largest absolute Gasteiger partial charge is 0.388 e. The number of aliphatic hydroxyl groups is 1. The van der Waals surface area contributed by atoms with E-state index < -0.39 is 0 Å². The van der Waals surface area contributed by atoms with E-state index in [9.17, 15) is 5.11 Å². The average molecular weight is 224 g/mol. The molecule has 1 aliphatic carbocycles. The molecular weight excluding hydrogens is 204 g/mol. The summed E-state index contributed by atoms with van der Waals surface area (Å²) in [6, 6.07) is 2.05. The summed E-state index contributed by atoms with van der Waals surface area (Å²) in [4.78, 5) is 0. The van der Waals surface area contributed by atoms with Gasteiger partial charge in [0.15, 0.2) is 0 Å². The van der Waals surface area contributed by atoms with Crippen LogP contribution >= 0.6 is 11.3 Å². The molecule has 0 aliphatic heterocycles. The predicted octanol–water partition coefficient (Wildman–Crippen LogP) is 3.85. The van der Waals surface area contributed by atoms with Crippen molar-refractivity contribution in [3.8, 4) is 0 Å². The summed E-state index contributed by atoms with van der Waals surface area (Å²) < 4.78 is 0. The van der Waals surface area contributed by atoms with Crippen LogP contribution in [0.3, 0.4) is 0 Å². The Kier molecular flexibility index (Phi) is 3.47. The molecule has 2 heteroatoms. The summed E-state index contributed by atoms with van der Waals surface area (Å²) in [6.45, 7) is 4.62. The zero-order chi connectivity index (χ0) is 10.8. The van der Waals surface area contributed by atoms with Crippen LogP contribution in [0.5, 0.6) is 0 Å². The molecule has 1 nitrogen and oxygen atoms in total. The van der Waals surface area contributed by atoms with E-state index in [4.69, 9.17) is 0 Å². The van der Waals surface area contributed by atoms with Gasteiger partial charge in [-0.3, -0.25) is 0 Å². The highest BCUT2D eigenvalue weighted by molar-refractivity contribution is 7.07. The lowest BCUT2D eigenvalue weighted by Crippen LogP contribution is -2.24. The van der Waals surface area contributed by atoms with Crippen molar-refractivity contribution in [3.63, 3.8) is 0 Å². The lowest BCUT2D eigenvalue weighted by molar-refractivity contribution is 0.0555. The summed E-state index contributed by atoms with van der Waals surface area (Å²) in [5.74, 6) is 2.01. The molecule has 0 amide bonds. The van der Waals surface area contributed by atoms with Crippen molar-refractivity contribution in [3.05, 3.63) is 22.4 Å². The molecule has 1 saturated carbocycles. The van der Waals surface area contributed by atoms with E-state index in [1.807, 2.05) is 5.38 Å². The van der Waals surface area contributed by atoms with Crippen molar-refractivity contribution in [2.45, 2.75) is 39.2 Å². The molecule has 84 valence electrons. The van der Waals surface area contributed by atoms with Gasteiger partial charge in [0.25, 0.3) is 0 Å². The maximum atomic E-state index is 10.3. The molecule has 0 bridgehead atoms. The van der Waals surface area contributed by atoms with Crippen molar-refractivity contribution < 1.29 is 5.11 Å². The molecule has 3 atom stereocenters. The number of aliphatic hydroxyl groups excluding tert-OH is 1. The van der Waals surface area contributed by atoms with E-state index in [-0.39, 0.29) is 6.10 Å². The Labute approximate surface area is 96.1 Å². The predicted molar refractivity (Wildman–Crippen MR) is 64.9 cm³/mol. The second-order valence-corrected chi connectivity index (χ2v) is 5.96. The van der Waals surface area contributed by atoms with Crippen LogP contribution in [0.15, 0.2) is 16.8 Å². The minimum Gasteiger partial charge on any atom is -0.388 e. The van der Waals surface area contributed by atoms with Crippen LogP contribution in [0.1, 0.15) is 44.8 Å². The summed E-state index contributed by atoms with van der Waals surface area (Å²) in [5, 5.41) is 14.4. The first-order valence-corrected chi connectivity index (χ1v) is 6.81. The van der Waals surface area contributed by atoms with Gasteiger partial charge in [0, 0.05) is 0 Å². The molecule has 1 aromatic heterocycles. The molecule has 0 spiro atoms. The molecule has 2 rings (SSSR count). The third-order valence-corrected chi connectivity index (χ3v) is 4.25. The quantitative estimate of drug-likeness (QED) is 0.809. The average Bonchev–Trinajstić information content (AvgIpc) is 2.67. The molecular formula is C13H20OS. The molecule has 1 N–H and O–H groups in total. The lowest BCUT2D eigenvalue weighted by atomic mass is 9.73. The molecule has 0 radical (unpaired) electrons. The first-order valence-electron chi connectivity index (χ1n) is 5.87. The number of hydrogen-bond donors (Lipinski definition) is 1. The first kappa shape index (κ1) is 11.2. The Morgan fingerprint density at radius 3 is 2.47 bits per heavy atom. The fourth-order valence-electron chi connectivity index (χ4n) is 2.98. The third-order valence-electron chi connectivity index (χ3n) is 3.55. The number of hydrogen-bond acceptors (Lipinski definition) is 2. The normalized spacial score (nSPS) is 33.9. The van der Waals surface area contributed by atoms with Crippen LogP contribution in [0.25, 0.3) is 0 Å². The summed E-state index contributed by atoms with van der Waals surface area (Å²) >= 11 is 1.67. The van der Waals surface area contributed by atoms with E-state index in [1.165, 1.54) is 19.3 Å². The summed E-state index contributed by atoms with van der Waals surface area (Å²) in [6.07, 6.45) is 3.46. The van der Waals surface area contributed by atoms with Crippen molar-refractivity contribution in [1.29, 1.82) is 0 Å². The van der Waals surface area contributed by atoms with Crippen LogP contribution < -0.4 is 0 Å². The van der Waals surface area contributed by atoms with Crippen LogP contribution in [0.4, 0.5) is 0 Å². The Balaban J connectivity index is 2.03. The highest BCUT2D eigenvalue weighted by Crippen LogP contribution is 2.40. The van der Waals surface area contributed by atoms with E-state index in [0.29, 0.717) is 5.92 Å². The van der Waals surface area contributed by atoms with Gasteiger partial charge in [-0.15, -0.1) is 0 Å². The van der Waals surface area contributed by atoms with Gasteiger partial charge >= 0.3 is 0 Å². The molecule has 0 aromatic carbocycles. The van der Waals surface area contributed by atoms with Crippen LogP contribution in [0.2, 0.25) is 0 Å². The van der Waals surface area contributed by atoms with Crippen molar-refractivity contribution in [2.75, 3.05) is 0 Å². The van der Waals surface area contributed by atoms with E-state index in [2.05, 4.69) is 25.3 Å². The number of rotatable bonds is 2. The summed E-state index contributed by atoms with van der Waals surface area (Å²) in [5.41, 5.74) is 1.12. The van der Waals surface area contributed by atoms with Gasteiger partial charge in [-0.05, 0) is 59.4 Å². The van der Waals surface area contributed by atoms with Gasteiger partial charge < -0.3 is 5.11 Å². The Morgan fingerprint density at radius 1 is 1.27 bits per heavy atom. The van der Waals surface area contributed by atoms with Gasteiger partial charge in [-0.25, -0.2) is 0 Å². The molecule has 1 aromatic rings. The highest BCUT2D eigenvalue weighted by Gasteiger charge is 2.29. The highest BCUT2D eigenvalue weighted by atomic mass is 32.1. The van der Waals surface area contributed by atoms with E-state index >= 15 is 0 Å². The molecule has 1 fully saturated rings. The minimum atomic E-state index is -0.235.